The van der Waals surface area contributed by atoms with Crippen LogP contribution in [0.25, 0.3) is 0 Å². The molecular formula is C26H23BrFN3O2. The van der Waals surface area contributed by atoms with Crippen LogP contribution in [-0.4, -0.2) is 15.7 Å². The van der Waals surface area contributed by atoms with Crippen molar-refractivity contribution in [1.29, 1.82) is 0 Å². The van der Waals surface area contributed by atoms with E-state index >= 15 is 0 Å². The van der Waals surface area contributed by atoms with Gasteiger partial charge >= 0.3 is 0 Å². The molecule has 0 saturated heterocycles. The first-order valence-electron chi connectivity index (χ1n) is 10.5. The Balaban J connectivity index is 1.41. The number of para-hydroxylation sites is 1. The van der Waals surface area contributed by atoms with Crippen molar-refractivity contribution in [2.75, 3.05) is 5.32 Å². The van der Waals surface area contributed by atoms with Crippen molar-refractivity contribution in [3.8, 4) is 5.75 Å². The van der Waals surface area contributed by atoms with Crippen LogP contribution in [-0.2, 0) is 13.2 Å². The van der Waals surface area contributed by atoms with Gasteiger partial charge in [0.1, 0.15) is 18.2 Å². The van der Waals surface area contributed by atoms with Gasteiger partial charge in [-0.25, -0.2) is 4.39 Å². The molecule has 0 spiro atoms. The second-order valence-electron chi connectivity index (χ2n) is 7.70. The number of aromatic nitrogens is 2. The molecule has 1 aromatic heterocycles. The maximum Gasteiger partial charge on any atom is 0.255 e. The summed E-state index contributed by atoms with van der Waals surface area (Å²) >= 11 is 3.47. The van der Waals surface area contributed by atoms with Crippen LogP contribution in [0.15, 0.2) is 77.3 Å². The van der Waals surface area contributed by atoms with E-state index in [2.05, 4.69) is 26.3 Å². The lowest BCUT2D eigenvalue weighted by Gasteiger charge is -2.10. The average molecular weight is 508 g/mol. The molecule has 5 nitrogen and oxygen atoms in total. The predicted octanol–water partition coefficient (Wildman–Crippen LogP) is 6.28. The number of anilines is 1. The molecule has 0 aliphatic heterocycles. The number of rotatable bonds is 7. The van der Waals surface area contributed by atoms with E-state index in [0.29, 0.717) is 24.4 Å². The van der Waals surface area contributed by atoms with Crippen molar-refractivity contribution in [3.05, 3.63) is 111 Å². The Bertz CT molecular complexity index is 1270. The van der Waals surface area contributed by atoms with Crippen molar-refractivity contribution in [3.63, 3.8) is 0 Å². The molecule has 3 aromatic carbocycles. The smallest absolute Gasteiger partial charge is 0.255 e. The molecule has 0 unspecified atom stereocenters. The maximum atomic E-state index is 13.2. The molecule has 0 radical (unpaired) electrons. The summed E-state index contributed by atoms with van der Waals surface area (Å²) in [7, 11) is 0. The highest BCUT2D eigenvalue weighted by Gasteiger charge is 2.16. The van der Waals surface area contributed by atoms with E-state index in [-0.39, 0.29) is 11.7 Å². The van der Waals surface area contributed by atoms with Gasteiger partial charge in [-0.2, -0.15) is 5.10 Å². The van der Waals surface area contributed by atoms with E-state index < -0.39 is 0 Å². The summed E-state index contributed by atoms with van der Waals surface area (Å²) in [4.78, 5) is 12.8. The van der Waals surface area contributed by atoms with Crippen LogP contribution in [0.5, 0.6) is 5.75 Å². The molecule has 0 bridgehead atoms. The first-order chi connectivity index (χ1) is 15.9. The van der Waals surface area contributed by atoms with Gasteiger partial charge in [-0.1, -0.05) is 36.4 Å². The van der Waals surface area contributed by atoms with Gasteiger partial charge in [0.25, 0.3) is 5.91 Å². The van der Waals surface area contributed by atoms with Crippen LogP contribution in [0.4, 0.5) is 10.1 Å². The van der Waals surface area contributed by atoms with Crippen molar-refractivity contribution >= 4 is 27.5 Å². The molecule has 0 aliphatic rings. The van der Waals surface area contributed by atoms with Gasteiger partial charge in [-0.05, 0) is 77.3 Å². The van der Waals surface area contributed by atoms with Crippen LogP contribution in [0, 0.1) is 19.7 Å². The monoisotopic (exact) mass is 507 g/mol. The summed E-state index contributed by atoms with van der Waals surface area (Å²) in [6.45, 7) is 4.65. The topological polar surface area (TPSA) is 56.2 Å². The minimum Gasteiger partial charge on any atom is -0.488 e. The number of aryl methyl sites for hydroxylation is 1. The summed E-state index contributed by atoms with van der Waals surface area (Å²) in [5.41, 5.74) is 4.68. The predicted molar refractivity (Wildman–Crippen MR) is 130 cm³/mol. The molecule has 4 aromatic rings. The second kappa shape index (κ2) is 10.0. The summed E-state index contributed by atoms with van der Waals surface area (Å²) in [6, 6.07) is 21.3. The number of amides is 1. The summed E-state index contributed by atoms with van der Waals surface area (Å²) in [5.74, 6) is 0.286. The van der Waals surface area contributed by atoms with Gasteiger partial charge in [0.05, 0.1) is 28.1 Å². The lowest BCUT2D eigenvalue weighted by molar-refractivity contribution is 0.102. The van der Waals surface area contributed by atoms with E-state index in [1.54, 1.807) is 28.9 Å². The normalized spacial score (nSPS) is 10.8. The number of carbonyl (C=O) groups is 1. The van der Waals surface area contributed by atoms with Crippen molar-refractivity contribution < 1.29 is 13.9 Å². The molecule has 1 amide bonds. The summed E-state index contributed by atoms with van der Waals surface area (Å²) in [6.07, 6.45) is 0. The SMILES string of the molecule is Cc1nn(Cc2ccc(F)cc2)c(C)c1NC(=O)c1ccc(COc2ccccc2Br)cc1. The highest BCUT2D eigenvalue weighted by atomic mass is 79.9. The molecule has 0 saturated carbocycles. The van der Waals surface area contributed by atoms with E-state index in [0.717, 1.165) is 32.7 Å². The van der Waals surface area contributed by atoms with E-state index in [1.165, 1.54) is 12.1 Å². The van der Waals surface area contributed by atoms with E-state index in [1.807, 2.05) is 50.2 Å². The number of ether oxygens (including phenoxy) is 1. The Kier molecular flexibility index (Phi) is 6.89. The molecule has 7 heteroatoms. The fourth-order valence-electron chi connectivity index (χ4n) is 3.46. The largest absolute Gasteiger partial charge is 0.488 e. The van der Waals surface area contributed by atoms with Crippen molar-refractivity contribution in [2.45, 2.75) is 27.0 Å². The Morgan fingerprint density at radius 3 is 2.36 bits per heavy atom. The number of halogens is 2. The van der Waals surface area contributed by atoms with E-state index in [4.69, 9.17) is 4.74 Å². The number of nitrogens with one attached hydrogen (secondary N) is 1. The highest BCUT2D eigenvalue weighted by Crippen LogP contribution is 2.25. The Labute approximate surface area is 200 Å². The molecule has 168 valence electrons. The molecule has 0 atom stereocenters. The standard InChI is InChI=1S/C26H23BrFN3O2/c1-17-25(18(2)31(30-17)15-19-9-13-22(28)14-10-19)29-26(32)21-11-7-20(8-12-21)16-33-24-6-4-3-5-23(24)27/h3-14H,15-16H2,1-2H3,(H,29,32). The van der Waals surface area contributed by atoms with Crippen LogP contribution in [0.1, 0.15) is 32.9 Å². The first kappa shape index (κ1) is 22.7. The van der Waals surface area contributed by atoms with Crippen LogP contribution in [0.2, 0.25) is 0 Å². The third kappa shape index (κ3) is 5.49. The second-order valence-corrected chi connectivity index (χ2v) is 8.55. The van der Waals surface area contributed by atoms with Gasteiger partial charge in [0, 0.05) is 5.56 Å². The molecule has 1 N–H and O–H groups in total. The van der Waals surface area contributed by atoms with Crippen LogP contribution >= 0.6 is 15.9 Å². The van der Waals surface area contributed by atoms with Gasteiger partial charge in [0.15, 0.2) is 0 Å². The molecule has 1 heterocycles. The molecular weight excluding hydrogens is 485 g/mol. The average Bonchev–Trinajstić information content (AvgIpc) is 3.07. The highest BCUT2D eigenvalue weighted by molar-refractivity contribution is 9.10. The fraction of sp³-hybridized carbons (Fsp3) is 0.154. The summed E-state index contributed by atoms with van der Waals surface area (Å²) < 4.78 is 21.7. The lowest BCUT2D eigenvalue weighted by atomic mass is 10.1. The third-order valence-electron chi connectivity index (χ3n) is 5.31. The number of benzene rings is 3. The van der Waals surface area contributed by atoms with Crippen LogP contribution in [0.3, 0.4) is 0 Å². The zero-order chi connectivity index (χ0) is 23.4. The van der Waals surface area contributed by atoms with Gasteiger partial charge in [-0.15, -0.1) is 0 Å². The molecule has 33 heavy (non-hydrogen) atoms. The molecule has 4 rings (SSSR count). The Morgan fingerprint density at radius 2 is 1.67 bits per heavy atom. The number of carbonyl (C=O) groups excluding carboxylic acids is 1. The zero-order valence-corrected chi connectivity index (χ0v) is 19.9. The third-order valence-corrected chi connectivity index (χ3v) is 5.97. The minimum absolute atomic E-state index is 0.208. The van der Waals surface area contributed by atoms with Crippen molar-refractivity contribution in [2.24, 2.45) is 0 Å². The minimum atomic E-state index is -0.273. The molecule has 0 aliphatic carbocycles. The fourth-order valence-corrected chi connectivity index (χ4v) is 3.85. The molecule has 0 fully saturated rings. The number of nitrogens with zero attached hydrogens (tertiary/aromatic N) is 2. The lowest BCUT2D eigenvalue weighted by Crippen LogP contribution is -2.13. The van der Waals surface area contributed by atoms with Gasteiger partial charge in [0.2, 0.25) is 0 Å². The van der Waals surface area contributed by atoms with Gasteiger partial charge < -0.3 is 10.1 Å². The Morgan fingerprint density at radius 1 is 1.00 bits per heavy atom. The zero-order valence-electron chi connectivity index (χ0n) is 18.3. The van der Waals surface area contributed by atoms with Gasteiger partial charge in [-0.3, -0.25) is 9.48 Å². The number of hydrogen-bond acceptors (Lipinski definition) is 3. The van der Waals surface area contributed by atoms with Crippen LogP contribution < -0.4 is 10.1 Å². The number of hydrogen-bond donors (Lipinski definition) is 1. The summed E-state index contributed by atoms with van der Waals surface area (Å²) in [5, 5.41) is 7.51. The first-order valence-corrected chi connectivity index (χ1v) is 11.3. The Hall–Kier alpha value is -3.45. The maximum absolute atomic E-state index is 13.2. The van der Waals surface area contributed by atoms with Crippen molar-refractivity contribution in [1.82, 2.24) is 9.78 Å². The van der Waals surface area contributed by atoms with E-state index in [9.17, 15) is 9.18 Å². The quantitative estimate of drug-likeness (QED) is 0.320.